The van der Waals surface area contributed by atoms with E-state index in [9.17, 15) is 9.59 Å². The van der Waals surface area contributed by atoms with Crippen molar-refractivity contribution >= 4 is 6.09 Å². The topological polar surface area (TPSA) is 64.4 Å². The van der Waals surface area contributed by atoms with Crippen molar-refractivity contribution in [3.8, 4) is 0 Å². The summed E-state index contributed by atoms with van der Waals surface area (Å²) in [6, 6.07) is 1.80. The highest BCUT2D eigenvalue weighted by Gasteiger charge is 2.46. The second-order valence-corrected chi connectivity index (χ2v) is 8.51. The van der Waals surface area contributed by atoms with Gasteiger partial charge in [0.1, 0.15) is 5.60 Å². The van der Waals surface area contributed by atoms with Gasteiger partial charge in [0.05, 0.1) is 0 Å². The van der Waals surface area contributed by atoms with Crippen LogP contribution in [0.25, 0.3) is 0 Å². The van der Waals surface area contributed by atoms with Crippen molar-refractivity contribution in [1.82, 2.24) is 14.5 Å². The summed E-state index contributed by atoms with van der Waals surface area (Å²) in [6.45, 7) is 7.82. The van der Waals surface area contributed by atoms with Crippen LogP contribution in [-0.2, 0) is 11.3 Å². The van der Waals surface area contributed by atoms with E-state index in [2.05, 4.69) is 4.98 Å². The van der Waals surface area contributed by atoms with Gasteiger partial charge in [0.25, 0.3) is 0 Å². The highest BCUT2D eigenvalue weighted by Crippen LogP contribution is 2.49. The van der Waals surface area contributed by atoms with E-state index >= 15 is 0 Å². The number of nitrogens with zero attached hydrogens (tertiary/aromatic N) is 3. The maximum absolute atomic E-state index is 12.5. The molecule has 0 radical (unpaired) electrons. The van der Waals surface area contributed by atoms with Crippen LogP contribution in [0, 0.1) is 11.3 Å². The Morgan fingerprint density at radius 1 is 1.36 bits per heavy atom. The maximum Gasteiger partial charge on any atom is 0.410 e. The number of piperidine rings is 1. The molecule has 2 fully saturated rings. The lowest BCUT2D eigenvalue weighted by atomic mass is 9.69. The van der Waals surface area contributed by atoms with Crippen molar-refractivity contribution in [3.63, 3.8) is 0 Å². The average molecular weight is 347 g/mol. The lowest BCUT2D eigenvalue weighted by molar-refractivity contribution is -0.0157. The molecule has 0 aromatic carbocycles. The normalized spacial score (nSPS) is 23.0. The largest absolute Gasteiger partial charge is 0.444 e. The van der Waals surface area contributed by atoms with Crippen LogP contribution in [0.1, 0.15) is 52.9 Å². The fraction of sp³-hybridized carbons (Fsp3) is 0.737. The predicted octanol–water partition coefficient (Wildman–Crippen LogP) is 3.06. The SMILES string of the molecule is CC(C)(C)OC(=O)N1CCC(Cn2cccnc2=O)C2(CCCC2)C1. The molecular formula is C19H29N3O3. The number of hydrogen-bond donors (Lipinski definition) is 0. The molecule has 3 rings (SSSR count). The summed E-state index contributed by atoms with van der Waals surface area (Å²) in [6.07, 6.45) is 8.67. The van der Waals surface area contributed by atoms with E-state index in [-0.39, 0.29) is 17.2 Å². The minimum Gasteiger partial charge on any atom is -0.444 e. The average Bonchev–Trinajstić information content (AvgIpc) is 2.99. The Morgan fingerprint density at radius 3 is 2.72 bits per heavy atom. The van der Waals surface area contributed by atoms with Crippen LogP contribution < -0.4 is 5.69 Å². The third-order valence-electron chi connectivity index (χ3n) is 5.57. The van der Waals surface area contributed by atoms with Crippen LogP contribution in [0.3, 0.4) is 0 Å². The second kappa shape index (κ2) is 6.81. The Bertz CT molecular complexity index is 671. The molecule has 6 nitrogen and oxygen atoms in total. The van der Waals surface area contributed by atoms with E-state index in [0.29, 0.717) is 19.0 Å². The van der Waals surface area contributed by atoms with E-state index in [4.69, 9.17) is 4.74 Å². The zero-order chi connectivity index (χ0) is 18.1. The molecule has 1 saturated carbocycles. The number of aromatic nitrogens is 2. The van der Waals surface area contributed by atoms with Crippen molar-refractivity contribution in [2.75, 3.05) is 13.1 Å². The molecule has 1 aliphatic carbocycles. The monoisotopic (exact) mass is 347 g/mol. The molecule has 2 aliphatic rings. The van der Waals surface area contributed by atoms with E-state index < -0.39 is 5.60 Å². The summed E-state index contributed by atoms with van der Waals surface area (Å²) in [4.78, 5) is 30.2. The van der Waals surface area contributed by atoms with Crippen molar-refractivity contribution in [2.45, 2.75) is 65.0 Å². The van der Waals surface area contributed by atoms with Crippen molar-refractivity contribution in [3.05, 3.63) is 28.9 Å². The van der Waals surface area contributed by atoms with Gasteiger partial charge in [0, 0.05) is 32.0 Å². The molecule has 6 heteroatoms. The third-order valence-corrected chi connectivity index (χ3v) is 5.57. The van der Waals surface area contributed by atoms with Gasteiger partial charge in [0.15, 0.2) is 0 Å². The van der Waals surface area contributed by atoms with Crippen LogP contribution in [0.5, 0.6) is 0 Å². The lowest BCUT2D eigenvalue weighted by Gasteiger charge is -2.46. The first-order chi connectivity index (χ1) is 11.8. The summed E-state index contributed by atoms with van der Waals surface area (Å²) < 4.78 is 7.29. The first-order valence-corrected chi connectivity index (χ1v) is 9.28. The van der Waals surface area contributed by atoms with Gasteiger partial charge in [-0.3, -0.25) is 4.57 Å². The highest BCUT2D eigenvalue weighted by atomic mass is 16.6. The van der Waals surface area contributed by atoms with Gasteiger partial charge in [-0.05, 0) is 57.4 Å². The minimum atomic E-state index is -0.472. The fourth-order valence-electron chi connectivity index (χ4n) is 4.38. The Kier molecular flexibility index (Phi) is 4.89. The van der Waals surface area contributed by atoms with Gasteiger partial charge < -0.3 is 9.64 Å². The molecule has 1 aliphatic heterocycles. The van der Waals surface area contributed by atoms with Crippen LogP contribution in [-0.4, -0.2) is 39.2 Å². The quantitative estimate of drug-likeness (QED) is 0.825. The van der Waals surface area contributed by atoms with Crippen molar-refractivity contribution in [1.29, 1.82) is 0 Å². The molecule has 0 bridgehead atoms. The van der Waals surface area contributed by atoms with E-state index in [1.165, 1.54) is 19.0 Å². The summed E-state index contributed by atoms with van der Waals surface area (Å²) in [5.41, 5.74) is -0.560. The molecule has 25 heavy (non-hydrogen) atoms. The first-order valence-electron chi connectivity index (χ1n) is 9.28. The summed E-state index contributed by atoms with van der Waals surface area (Å²) in [5, 5.41) is 0. The van der Waals surface area contributed by atoms with Crippen molar-refractivity contribution in [2.24, 2.45) is 11.3 Å². The molecule has 1 saturated heterocycles. The van der Waals surface area contributed by atoms with Crippen molar-refractivity contribution < 1.29 is 9.53 Å². The Morgan fingerprint density at radius 2 is 2.08 bits per heavy atom. The summed E-state index contributed by atoms with van der Waals surface area (Å²) >= 11 is 0. The number of amides is 1. The minimum absolute atomic E-state index is 0.102. The molecular weight excluding hydrogens is 318 g/mol. The van der Waals surface area contributed by atoms with E-state index in [0.717, 1.165) is 25.8 Å². The lowest BCUT2D eigenvalue weighted by Crippen LogP contribution is -2.52. The predicted molar refractivity (Wildman–Crippen MR) is 95.3 cm³/mol. The molecule has 1 aromatic heterocycles. The second-order valence-electron chi connectivity index (χ2n) is 8.51. The highest BCUT2D eigenvalue weighted by molar-refractivity contribution is 5.68. The third kappa shape index (κ3) is 4.05. The molecule has 2 heterocycles. The van der Waals surface area contributed by atoms with Gasteiger partial charge in [0.2, 0.25) is 0 Å². The summed E-state index contributed by atoms with van der Waals surface area (Å²) in [5.74, 6) is 0.399. The number of carbonyl (C=O) groups excluding carboxylic acids is 1. The number of likely N-dealkylation sites (tertiary alicyclic amines) is 1. The van der Waals surface area contributed by atoms with E-state index in [1.54, 1.807) is 10.6 Å². The molecule has 1 atom stereocenters. The maximum atomic E-state index is 12.5. The standard InChI is InChI=1S/C19H29N3O3/c1-18(2,3)25-17(24)22-12-7-15(19(14-22)8-4-5-9-19)13-21-11-6-10-20-16(21)23/h6,10-11,15H,4-5,7-9,12-14H2,1-3H3. The van der Waals surface area contributed by atoms with Crippen LogP contribution in [0.15, 0.2) is 23.3 Å². The Hall–Kier alpha value is -1.85. The zero-order valence-electron chi connectivity index (χ0n) is 15.5. The molecule has 1 amide bonds. The number of ether oxygens (including phenoxy) is 1. The zero-order valence-corrected chi connectivity index (χ0v) is 15.5. The van der Waals surface area contributed by atoms with Gasteiger partial charge in [-0.15, -0.1) is 0 Å². The molecule has 1 spiro atoms. The number of rotatable bonds is 2. The van der Waals surface area contributed by atoms with Gasteiger partial charge >= 0.3 is 11.8 Å². The summed E-state index contributed by atoms with van der Waals surface area (Å²) in [7, 11) is 0. The molecule has 138 valence electrons. The Labute approximate surface area is 149 Å². The smallest absolute Gasteiger partial charge is 0.410 e. The number of carbonyl (C=O) groups is 1. The first kappa shape index (κ1) is 18.0. The van der Waals surface area contributed by atoms with Gasteiger partial charge in [-0.2, -0.15) is 0 Å². The molecule has 1 aromatic rings. The molecule has 1 unspecified atom stereocenters. The van der Waals surface area contributed by atoms with Gasteiger partial charge in [-0.1, -0.05) is 12.8 Å². The Balaban J connectivity index is 1.75. The molecule has 0 N–H and O–H groups in total. The van der Waals surface area contributed by atoms with Crippen LogP contribution in [0.4, 0.5) is 4.79 Å². The van der Waals surface area contributed by atoms with Crippen LogP contribution >= 0.6 is 0 Å². The van der Waals surface area contributed by atoms with E-state index in [1.807, 2.05) is 31.9 Å². The van der Waals surface area contributed by atoms with Gasteiger partial charge in [-0.25, -0.2) is 14.6 Å². The number of hydrogen-bond acceptors (Lipinski definition) is 4. The van der Waals surface area contributed by atoms with Crippen LogP contribution in [0.2, 0.25) is 0 Å². The fourth-order valence-corrected chi connectivity index (χ4v) is 4.38.